The predicted octanol–water partition coefficient (Wildman–Crippen LogP) is 6.01. The van der Waals surface area contributed by atoms with Gasteiger partial charge >= 0.3 is 6.09 Å². The number of aryl methyl sites for hydroxylation is 1. The maximum absolute atomic E-state index is 13.6. The van der Waals surface area contributed by atoms with Gasteiger partial charge in [-0.05, 0) is 81.0 Å². The average Bonchev–Trinajstić information content (AvgIpc) is 3.67. The van der Waals surface area contributed by atoms with Crippen LogP contribution in [0.25, 0.3) is 10.8 Å². The van der Waals surface area contributed by atoms with Crippen molar-refractivity contribution in [3.63, 3.8) is 0 Å². The Morgan fingerprint density at radius 2 is 1.68 bits per heavy atom. The number of amides is 2. The molecule has 2 aliphatic rings. The second-order valence-corrected chi connectivity index (χ2v) is 11.4. The van der Waals surface area contributed by atoms with Gasteiger partial charge in [-0.1, -0.05) is 48.5 Å². The second-order valence-electron chi connectivity index (χ2n) is 11.4. The smallest absolute Gasteiger partial charge is 0.410 e. The number of anilines is 1. The molecule has 37 heavy (non-hydrogen) atoms. The van der Waals surface area contributed by atoms with Crippen LogP contribution in [0.3, 0.4) is 0 Å². The zero-order valence-corrected chi connectivity index (χ0v) is 22.3. The van der Waals surface area contributed by atoms with E-state index in [1.165, 1.54) is 16.3 Å². The summed E-state index contributed by atoms with van der Waals surface area (Å²) in [7, 11) is 0. The molecule has 3 aromatic carbocycles. The lowest BCUT2D eigenvalue weighted by atomic mass is 9.96. The van der Waals surface area contributed by atoms with Crippen molar-refractivity contribution in [2.45, 2.75) is 58.1 Å². The molecule has 1 heterocycles. The SMILES string of the molecule is Cc1ccc(N2CCCN(C(=O)OC(C)(C)C)CC2)cc1C(=O)NC1(c2cccc3ccccc23)CC1. The molecule has 0 spiro atoms. The minimum Gasteiger partial charge on any atom is -0.444 e. The highest BCUT2D eigenvalue weighted by Crippen LogP contribution is 2.48. The second kappa shape index (κ2) is 9.73. The minimum atomic E-state index is -0.507. The normalized spacial score (nSPS) is 17.3. The monoisotopic (exact) mass is 499 g/mol. The van der Waals surface area contributed by atoms with E-state index in [0.717, 1.165) is 37.1 Å². The van der Waals surface area contributed by atoms with Gasteiger partial charge < -0.3 is 19.9 Å². The number of nitrogens with zero attached hydrogens (tertiary/aromatic N) is 2. The Bertz CT molecular complexity index is 1320. The van der Waals surface area contributed by atoms with Crippen molar-refractivity contribution < 1.29 is 14.3 Å². The van der Waals surface area contributed by atoms with E-state index in [0.29, 0.717) is 25.2 Å². The van der Waals surface area contributed by atoms with Crippen molar-refractivity contribution in [2.75, 3.05) is 31.1 Å². The molecule has 0 radical (unpaired) electrons. The van der Waals surface area contributed by atoms with Crippen molar-refractivity contribution >= 4 is 28.5 Å². The van der Waals surface area contributed by atoms with E-state index >= 15 is 0 Å². The van der Waals surface area contributed by atoms with Gasteiger partial charge in [-0.3, -0.25) is 4.79 Å². The van der Waals surface area contributed by atoms with Crippen molar-refractivity contribution in [2.24, 2.45) is 0 Å². The van der Waals surface area contributed by atoms with Gasteiger partial charge in [-0.15, -0.1) is 0 Å². The van der Waals surface area contributed by atoms with Gasteiger partial charge in [0.1, 0.15) is 5.60 Å². The summed E-state index contributed by atoms with van der Waals surface area (Å²) in [5, 5.41) is 5.79. The summed E-state index contributed by atoms with van der Waals surface area (Å²) in [6.07, 6.45) is 2.47. The van der Waals surface area contributed by atoms with Gasteiger partial charge in [-0.25, -0.2) is 4.79 Å². The molecule has 1 saturated carbocycles. The summed E-state index contributed by atoms with van der Waals surface area (Å²) in [5.41, 5.74) is 3.06. The third kappa shape index (κ3) is 5.43. The third-order valence-corrected chi connectivity index (χ3v) is 7.39. The van der Waals surface area contributed by atoms with Gasteiger partial charge in [0.05, 0.1) is 5.54 Å². The van der Waals surface area contributed by atoms with Crippen molar-refractivity contribution in [1.29, 1.82) is 0 Å². The van der Waals surface area contributed by atoms with Crippen molar-refractivity contribution in [1.82, 2.24) is 10.2 Å². The highest BCUT2D eigenvalue weighted by molar-refractivity contribution is 5.98. The maximum Gasteiger partial charge on any atom is 0.410 e. The highest BCUT2D eigenvalue weighted by Gasteiger charge is 2.46. The topological polar surface area (TPSA) is 61.9 Å². The van der Waals surface area contributed by atoms with Crippen molar-refractivity contribution in [3.05, 3.63) is 77.4 Å². The first-order valence-electron chi connectivity index (χ1n) is 13.3. The number of nitrogens with one attached hydrogen (secondary N) is 1. The van der Waals surface area contributed by atoms with E-state index < -0.39 is 5.60 Å². The van der Waals surface area contributed by atoms with E-state index in [-0.39, 0.29) is 17.5 Å². The Kier molecular flexibility index (Phi) is 6.61. The van der Waals surface area contributed by atoms with E-state index in [1.807, 2.05) is 39.8 Å². The first-order valence-corrected chi connectivity index (χ1v) is 13.3. The van der Waals surface area contributed by atoms with E-state index in [9.17, 15) is 9.59 Å². The van der Waals surface area contributed by atoms with Gasteiger partial charge in [0.25, 0.3) is 5.91 Å². The summed E-state index contributed by atoms with van der Waals surface area (Å²) in [5.74, 6) is -0.0324. The van der Waals surface area contributed by atoms with E-state index in [1.54, 1.807) is 4.90 Å². The number of rotatable bonds is 4. The molecular weight excluding hydrogens is 462 g/mol. The molecule has 1 N–H and O–H groups in total. The quantitative estimate of drug-likeness (QED) is 0.477. The fourth-order valence-electron chi connectivity index (χ4n) is 5.25. The molecule has 6 nitrogen and oxygen atoms in total. The molecule has 6 heteroatoms. The van der Waals surface area contributed by atoms with Crippen LogP contribution in [0.15, 0.2) is 60.7 Å². The molecule has 2 amide bonds. The van der Waals surface area contributed by atoms with Crippen LogP contribution in [-0.4, -0.2) is 48.7 Å². The molecule has 0 aromatic heterocycles. The maximum atomic E-state index is 13.6. The number of benzene rings is 3. The Morgan fingerprint density at radius 3 is 2.43 bits per heavy atom. The lowest BCUT2D eigenvalue weighted by Crippen LogP contribution is -2.39. The molecule has 1 saturated heterocycles. The third-order valence-electron chi connectivity index (χ3n) is 7.39. The fraction of sp³-hybridized carbons (Fsp3) is 0.419. The Hall–Kier alpha value is -3.54. The van der Waals surface area contributed by atoms with Gasteiger partial charge in [0, 0.05) is 37.4 Å². The number of carbonyl (C=O) groups excluding carboxylic acids is 2. The molecule has 1 aliphatic heterocycles. The predicted molar refractivity (Wildman–Crippen MR) is 148 cm³/mol. The molecular formula is C31H37N3O3. The lowest BCUT2D eigenvalue weighted by molar-refractivity contribution is 0.0263. The van der Waals surface area contributed by atoms with Crippen LogP contribution in [0.1, 0.15) is 61.5 Å². The zero-order valence-electron chi connectivity index (χ0n) is 22.3. The van der Waals surface area contributed by atoms with Crippen molar-refractivity contribution in [3.8, 4) is 0 Å². The summed E-state index contributed by atoms with van der Waals surface area (Å²) < 4.78 is 5.57. The number of ether oxygens (including phenoxy) is 1. The first-order chi connectivity index (χ1) is 17.7. The van der Waals surface area contributed by atoms with Crippen LogP contribution in [0.5, 0.6) is 0 Å². The van der Waals surface area contributed by atoms with Crippen LogP contribution in [-0.2, 0) is 10.3 Å². The Balaban J connectivity index is 1.32. The number of carbonyl (C=O) groups is 2. The highest BCUT2D eigenvalue weighted by atomic mass is 16.6. The summed E-state index contributed by atoms with van der Waals surface area (Å²) in [6.45, 7) is 10.4. The van der Waals surface area contributed by atoms with Gasteiger partial charge in [0.15, 0.2) is 0 Å². The van der Waals surface area contributed by atoms with Crippen LogP contribution < -0.4 is 10.2 Å². The summed E-state index contributed by atoms with van der Waals surface area (Å²) >= 11 is 0. The molecule has 1 aliphatic carbocycles. The van der Waals surface area contributed by atoms with Crippen LogP contribution >= 0.6 is 0 Å². The van der Waals surface area contributed by atoms with Crippen LogP contribution in [0.2, 0.25) is 0 Å². The summed E-state index contributed by atoms with van der Waals surface area (Å²) in [4.78, 5) is 30.2. The Labute approximate surface area is 219 Å². The van der Waals surface area contributed by atoms with Gasteiger partial charge in [-0.2, -0.15) is 0 Å². The zero-order chi connectivity index (χ0) is 26.2. The molecule has 0 bridgehead atoms. The molecule has 194 valence electrons. The van der Waals surface area contributed by atoms with Gasteiger partial charge in [0.2, 0.25) is 0 Å². The van der Waals surface area contributed by atoms with E-state index in [2.05, 4.69) is 58.7 Å². The molecule has 2 fully saturated rings. The standard InChI is InChI=1S/C31H37N3O3/c1-22-13-14-24(33-17-8-18-34(20-19-33)29(36)37-30(2,3)4)21-26(22)28(35)32-31(15-16-31)27-12-7-10-23-9-5-6-11-25(23)27/h5-7,9-14,21H,8,15-20H2,1-4H3,(H,32,35). The first kappa shape index (κ1) is 25.1. The molecule has 0 unspecified atom stereocenters. The van der Waals surface area contributed by atoms with Crippen LogP contribution in [0, 0.1) is 6.92 Å². The average molecular weight is 500 g/mol. The Morgan fingerprint density at radius 1 is 0.919 bits per heavy atom. The van der Waals surface area contributed by atoms with Crippen LogP contribution in [0.4, 0.5) is 10.5 Å². The number of hydrogen-bond donors (Lipinski definition) is 1. The fourth-order valence-corrected chi connectivity index (χ4v) is 5.25. The molecule has 5 rings (SSSR count). The van der Waals surface area contributed by atoms with E-state index in [4.69, 9.17) is 4.74 Å². The largest absolute Gasteiger partial charge is 0.444 e. The molecule has 0 atom stereocenters. The molecule has 3 aromatic rings. The summed E-state index contributed by atoms with van der Waals surface area (Å²) in [6, 6.07) is 20.8. The lowest BCUT2D eigenvalue weighted by Gasteiger charge is -2.27. The number of hydrogen-bond acceptors (Lipinski definition) is 4. The number of fused-ring (bicyclic) bond motifs is 1. The minimum absolute atomic E-state index is 0.0324.